The van der Waals surface area contributed by atoms with Crippen molar-refractivity contribution in [3.63, 3.8) is 0 Å². The Balaban J connectivity index is 1.64. The first-order chi connectivity index (χ1) is 17.0. The van der Waals surface area contributed by atoms with Gasteiger partial charge in [0.1, 0.15) is 0 Å². The Bertz CT molecular complexity index is 962. The molecule has 1 atom stereocenters. The molecule has 1 unspecified atom stereocenters. The van der Waals surface area contributed by atoms with Crippen LogP contribution in [-0.4, -0.2) is 12.6 Å². The van der Waals surface area contributed by atoms with Crippen LogP contribution in [0.2, 0.25) is 0 Å². The highest BCUT2D eigenvalue weighted by atomic mass is 19.2. The lowest BCUT2D eigenvalue weighted by molar-refractivity contribution is 0.0726. The van der Waals surface area contributed by atoms with Crippen LogP contribution < -0.4 is 9.47 Å². The van der Waals surface area contributed by atoms with Gasteiger partial charge in [-0.1, -0.05) is 63.7 Å². The second kappa shape index (κ2) is 13.4. The third-order valence-corrected chi connectivity index (χ3v) is 7.19. The van der Waals surface area contributed by atoms with Crippen LogP contribution in [0.1, 0.15) is 93.5 Å². The molecule has 0 saturated heterocycles. The van der Waals surface area contributed by atoms with Crippen LogP contribution >= 0.6 is 0 Å². The maximum absolute atomic E-state index is 14.3. The van der Waals surface area contributed by atoms with E-state index in [2.05, 4.69) is 13.5 Å². The lowest BCUT2D eigenvalue weighted by atomic mass is 9.71. The summed E-state index contributed by atoms with van der Waals surface area (Å²) in [5.41, 5.74) is 1.47. The average molecular weight is 485 g/mol. The van der Waals surface area contributed by atoms with Gasteiger partial charge in [0.25, 0.3) is 0 Å². The molecule has 3 rings (SSSR count). The van der Waals surface area contributed by atoms with Crippen LogP contribution in [0.25, 0.3) is 0 Å². The monoisotopic (exact) mass is 484 g/mol. The van der Waals surface area contributed by atoms with Crippen molar-refractivity contribution in [1.29, 1.82) is 0 Å². The molecule has 1 fully saturated rings. The quantitative estimate of drug-likeness (QED) is 0.131. The third-order valence-electron chi connectivity index (χ3n) is 7.19. The molecule has 35 heavy (non-hydrogen) atoms. The van der Waals surface area contributed by atoms with Crippen molar-refractivity contribution < 1.29 is 23.0 Å². The van der Waals surface area contributed by atoms with E-state index in [0.717, 1.165) is 12.3 Å². The molecule has 0 spiro atoms. The fraction of sp³-hybridized carbons (Fsp3) is 0.500. The van der Waals surface area contributed by atoms with E-state index < -0.39 is 23.4 Å². The Labute approximate surface area is 208 Å². The molecular formula is C30H38F2O3. The molecule has 0 aliphatic heterocycles. The second-order valence-corrected chi connectivity index (χ2v) is 9.54. The Morgan fingerprint density at radius 1 is 1.00 bits per heavy atom. The van der Waals surface area contributed by atoms with Gasteiger partial charge in [-0.3, -0.25) is 0 Å². The number of rotatable bonds is 12. The van der Waals surface area contributed by atoms with E-state index in [1.165, 1.54) is 69.1 Å². The zero-order chi connectivity index (χ0) is 25.2. The summed E-state index contributed by atoms with van der Waals surface area (Å²) in [5, 5.41) is 0. The molecule has 0 aromatic heterocycles. The predicted molar refractivity (Wildman–Crippen MR) is 136 cm³/mol. The number of allylic oxidation sites excluding steroid dienone is 1. The highest BCUT2D eigenvalue weighted by Crippen LogP contribution is 2.41. The Morgan fingerprint density at radius 3 is 2.29 bits per heavy atom. The first-order valence-corrected chi connectivity index (χ1v) is 13.0. The van der Waals surface area contributed by atoms with Crippen molar-refractivity contribution in [2.75, 3.05) is 6.61 Å². The molecule has 3 nitrogen and oxygen atoms in total. The van der Waals surface area contributed by atoms with Gasteiger partial charge in [0, 0.05) is 0 Å². The molecule has 0 amide bonds. The minimum absolute atomic E-state index is 0.203. The van der Waals surface area contributed by atoms with Gasteiger partial charge in [-0.15, -0.1) is 6.58 Å². The molecule has 0 bridgehead atoms. The van der Waals surface area contributed by atoms with Crippen LogP contribution in [0, 0.1) is 23.5 Å². The van der Waals surface area contributed by atoms with E-state index in [1.807, 2.05) is 18.2 Å². The number of carbonyl (C=O) groups excluding carboxylic acids is 1. The minimum atomic E-state index is -1.24. The lowest BCUT2D eigenvalue weighted by Crippen LogP contribution is -2.21. The van der Waals surface area contributed by atoms with E-state index in [9.17, 15) is 13.6 Å². The Hall–Kier alpha value is -2.69. The number of carbonyl (C=O) groups is 1. The van der Waals surface area contributed by atoms with E-state index in [-0.39, 0.29) is 12.4 Å². The maximum atomic E-state index is 14.3. The summed E-state index contributed by atoms with van der Waals surface area (Å²) < 4.78 is 38.6. The molecule has 0 N–H and O–H groups in total. The average Bonchev–Trinajstić information content (AvgIpc) is 2.88. The van der Waals surface area contributed by atoms with Crippen LogP contribution in [0.3, 0.4) is 0 Å². The highest BCUT2D eigenvalue weighted by molar-refractivity contribution is 5.91. The molecule has 190 valence electrons. The number of halogens is 2. The zero-order valence-corrected chi connectivity index (χ0v) is 21.0. The molecule has 0 heterocycles. The first kappa shape index (κ1) is 26.9. The molecule has 1 saturated carbocycles. The topological polar surface area (TPSA) is 35.5 Å². The molecule has 0 radical (unpaired) electrons. The van der Waals surface area contributed by atoms with Gasteiger partial charge in [-0.05, 0) is 73.8 Å². The van der Waals surface area contributed by atoms with Crippen molar-refractivity contribution in [3.8, 4) is 11.5 Å². The number of ether oxygens (including phenoxy) is 2. The highest BCUT2D eigenvalue weighted by Gasteiger charge is 2.28. The Kier molecular flexibility index (Phi) is 10.3. The van der Waals surface area contributed by atoms with Gasteiger partial charge < -0.3 is 9.47 Å². The summed E-state index contributed by atoms with van der Waals surface area (Å²) in [4.78, 5) is 12.6. The van der Waals surface area contributed by atoms with Gasteiger partial charge in [-0.25, -0.2) is 4.79 Å². The molecule has 1 aliphatic carbocycles. The smallest absolute Gasteiger partial charge is 0.343 e. The summed E-state index contributed by atoms with van der Waals surface area (Å²) >= 11 is 0. The fourth-order valence-electron chi connectivity index (χ4n) is 5.23. The van der Waals surface area contributed by atoms with Crippen LogP contribution in [-0.2, 0) is 0 Å². The van der Waals surface area contributed by atoms with Crippen LogP contribution in [0.4, 0.5) is 8.78 Å². The van der Waals surface area contributed by atoms with Gasteiger partial charge in [0.2, 0.25) is 11.6 Å². The van der Waals surface area contributed by atoms with Gasteiger partial charge in [0.15, 0.2) is 11.5 Å². The van der Waals surface area contributed by atoms with E-state index in [4.69, 9.17) is 9.47 Å². The SMILES string of the molecule is C=CCC(c1ccc(C(=O)Oc2ccc(OCC)c(F)c2F)cc1)C1CCC(CCCCC)CC1. The fourth-order valence-corrected chi connectivity index (χ4v) is 5.23. The number of hydrogen-bond acceptors (Lipinski definition) is 3. The number of esters is 1. The summed E-state index contributed by atoms with van der Waals surface area (Å²) in [5.74, 6) is -1.98. The zero-order valence-electron chi connectivity index (χ0n) is 21.0. The van der Waals surface area contributed by atoms with Crippen molar-refractivity contribution >= 4 is 5.97 Å². The lowest BCUT2D eigenvalue weighted by Gasteiger charge is -2.34. The first-order valence-electron chi connectivity index (χ1n) is 13.0. The third kappa shape index (κ3) is 7.16. The minimum Gasteiger partial charge on any atom is -0.491 e. The van der Waals surface area contributed by atoms with Gasteiger partial charge >= 0.3 is 5.97 Å². The molecule has 2 aromatic rings. The van der Waals surface area contributed by atoms with Gasteiger partial charge in [-0.2, -0.15) is 8.78 Å². The molecule has 5 heteroatoms. The number of hydrogen-bond donors (Lipinski definition) is 0. The summed E-state index contributed by atoms with van der Waals surface area (Å²) in [6, 6.07) is 9.76. The second-order valence-electron chi connectivity index (χ2n) is 9.54. The van der Waals surface area contributed by atoms with Gasteiger partial charge in [0.05, 0.1) is 12.2 Å². The Morgan fingerprint density at radius 2 is 1.66 bits per heavy atom. The largest absolute Gasteiger partial charge is 0.491 e. The predicted octanol–water partition coefficient (Wildman–Crippen LogP) is 8.63. The van der Waals surface area contributed by atoms with E-state index in [0.29, 0.717) is 17.4 Å². The molecule has 1 aliphatic rings. The molecule has 2 aromatic carbocycles. The van der Waals surface area contributed by atoms with Crippen LogP contribution in [0.15, 0.2) is 49.1 Å². The number of benzene rings is 2. The van der Waals surface area contributed by atoms with Crippen molar-refractivity contribution in [2.24, 2.45) is 11.8 Å². The summed E-state index contributed by atoms with van der Waals surface area (Å²) in [7, 11) is 0. The van der Waals surface area contributed by atoms with E-state index in [1.54, 1.807) is 19.1 Å². The van der Waals surface area contributed by atoms with Crippen molar-refractivity contribution in [1.82, 2.24) is 0 Å². The summed E-state index contributed by atoms with van der Waals surface area (Å²) in [6.07, 6.45) is 13.2. The summed E-state index contributed by atoms with van der Waals surface area (Å²) in [6.45, 7) is 8.09. The molecular weight excluding hydrogens is 446 g/mol. The van der Waals surface area contributed by atoms with E-state index >= 15 is 0 Å². The maximum Gasteiger partial charge on any atom is 0.343 e. The van der Waals surface area contributed by atoms with Crippen molar-refractivity contribution in [2.45, 2.75) is 77.6 Å². The normalized spacial score (nSPS) is 18.6. The van der Waals surface area contributed by atoms with Crippen molar-refractivity contribution in [3.05, 3.63) is 71.8 Å². The van der Waals surface area contributed by atoms with Crippen LogP contribution in [0.5, 0.6) is 11.5 Å². The number of unbranched alkanes of at least 4 members (excludes halogenated alkanes) is 2. The standard InChI is InChI=1S/C30H38F2O3/c1-4-7-8-10-21-11-13-22(14-12-21)25(9-5-2)23-15-17-24(18-16-23)30(33)35-27-20-19-26(34-6-3)28(31)29(27)32/h5,15-22,25H,2,4,6-14H2,1,3H3.